The molecule has 1 saturated carbocycles. The summed E-state index contributed by atoms with van der Waals surface area (Å²) in [7, 11) is 0. The smallest absolute Gasteiger partial charge is 0.269 e. The monoisotopic (exact) mass is 828 g/mol. The number of benzene rings is 2. The zero-order valence-electron chi connectivity index (χ0n) is 34.7. The molecule has 0 saturated heterocycles. The number of carbonyl (C=O) groups excluding carboxylic acids is 2. The number of aromatic amines is 1. The highest BCUT2D eigenvalue weighted by Crippen LogP contribution is 2.52. The Kier molecular flexibility index (Phi) is 12.2. The van der Waals surface area contributed by atoms with Gasteiger partial charge in [0, 0.05) is 84.6 Å². The number of ether oxygens (including phenoxy) is 1. The Morgan fingerprint density at radius 1 is 1.02 bits per heavy atom. The van der Waals surface area contributed by atoms with Crippen molar-refractivity contribution in [1.29, 1.82) is 0 Å². The number of aromatic nitrogens is 6. The maximum atomic E-state index is 13.2. The van der Waals surface area contributed by atoms with Gasteiger partial charge in [0.25, 0.3) is 11.6 Å². The van der Waals surface area contributed by atoms with E-state index in [0.717, 1.165) is 66.8 Å². The van der Waals surface area contributed by atoms with Crippen molar-refractivity contribution in [1.82, 2.24) is 35.5 Å². The van der Waals surface area contributed by atoms with Gasteiger partial charge in [-0.15, -0.1) is 0 Å². The van der Waals surface area contributed by atoms with E-state index >= 15 is 0 Å². The standard InChI is InChI=1S/C44H52N12O5/c1-27-31(15-17-36(51-27)40-49-26-50-54-40)37-23-46-41-42(53-37)55(38(57)24-47-41)19-7-21-61-20-5-4-18-45-29-12-10-28(11-13-29)43(58)48-25-44(2,3)39-33-9-6-8-32(33)34-22-30(56(59)60)14-16-35(34)52-39/h10-17,22-23,26,32-33,39,45,52H,4-9,18-21,24-25H2,1-3H3,(H,46,47)(H,48,58)(H,49,50,54). The lowest BCUT2D eigenvalue weighted by Crippen LogP contribution is -2.51. The summed E-state index contributed by atoms with van der Waals surface area (Å²) in [5.41, 5.74) is 6.26. The van der Waals surface area contributed by atoms with Crippen LogP contribution >= 0.6 is 0 Å². The first kappa shape index (κ1) is 41.3. The first-order valence-electron chi connectivity index (χ1n) is 21.1. The van der Waals surface area contributed by atoms with Gasteiger partial charge in [0.05, 0.1) is 23.4 Å². The quantitative estimate of drug-likeness (QED) is 0.0374. The van der Waals surface area contributed by atoms with Crippen LogP contribution in [0, 0.1) is 28.4 Å². The van der Waals surface area contributed by atoms with Crippen molar-refractivity contribution in [2.45, 2.75) is 71.3 Å². The number of hydrogen-bond acceptors (Lipinski definition) is 13. The molecule has 1 aliphatic carbocycles. The number of nitro groups is 1. The highest BCUT2D eigenvalue weighted by molar-refractivity contribution is 6.01. The summed E-state index contributed by atoms with van der Waals surface area (Å²) >= 11 is 0. The van der Waals surface area contributed by atoms with Crippen molar-refractivity contribution in [3.05, 3.63) is 94.1 Å². The van der Waals surface area contributed by atoms with Gasteiger partial charge >= 0.3 is 0 Å². The number of nitrogens with one attached hydrogen (secondary N) is 5. The van der Waals surface area contributed by atoms with Gasteiger partial charge in [0.1, 0.15) is 12.0 Å². The van der Waals surface area contributed by atoms with Crippen molar-refractivity contribution in [3.63, 3.8) is 0 Å². The van der Waals surface area contributed by atoms with E-state index in [4.69, 9.17) is 9.72 Å². The van der Waals surface area contributed by atoms with Gasteiger partial charge < -0.3 is 26.0 Å². The summed E-state index contributed by atoms with van der Waals surface area (Å²) in [4.78, 5) is 57.2. The van der Waals surface area contributed by atoms with Gasteiger partial charge in [-0.3, -0.25) is 29.7 Å². The van der Waals surface area contributed by atoms with Crippen LogP contribution in [0.3, 0.4) is 0 Å². The molecule has 17 nitrogen and oxygen atoms in total. The number of rotatable bonds is 17. The molecule has 3 aliphatic rings. The molecule has 2 aliphatic heterocycles. The van der Waals surface area contributed by atoms with Gasteiger partial charge in [0.15, 0.2) is 17.5 Å². The number of aryl methyl sites for hydroxylation is 1. The number of pyridine rings is 1. The lowest BCUT2D eigenvalue weighted by molar-refractivity contribution is -0.384. The Labute approximate surface area is 354 Å². The molecule has 17 heteroatoms. The number of anilines is 4. The normalized spacial score (nSPS) is 18.0. The van der Waals surface area contributed by atoms with Gasteiger partial charge in [-0.25, -0.2) is 19.9 Å². The second kappa shape index (κ2) is 18.0. The first-order chi connectivity index (χ1) is 29.6. The average molecular weight is 829 g/mol. The molecular weight excluding hydrogens is 777 g/mol. The Morgan fingerprint density at radius 2 is 1.85 bits per heavy atom. The fraction of sp³-hybridized carbons (Fsp3) is 0.432. The number of nitrogens with zero attached hydrogens (tertiary/aromatic N) is 7. The van der Waals surface area contributed by atoms with Crippen LogP contribution in [0.1, 0.15) is 79.9 Å². The van der Waals surface area contributed by atoms with Crippen LogP contribution in [0.25, 0.3) is 22.8 Å². The molecule has 3 unspecified atom stereocenters. The molecule has 2 aromatic carbocycles. The molecule has 3 aromatic heterocycles. The van der Waals surface area contributed by atoms with Gasteiger partial charge in [-0.1, -0.05) is 20.3 Å². The molecule has 0 spiro atoms. The second-order valence-corrected chi connectivity index (χ2v) is 16.7. The molecule has 5 heterocycles. The number of H-pyrrole nitrogens is 1. The molecule has 0 bridgehead atoms. The highest BCUT2D eigenvalue weighted by atomic mass is 16.6. The first-order valence-corrected chi connectivity index (χ1v) is 21.1. The van der Waals surface area contributed by atoms with E-state index in [0.29, 0.717) is 73.1 Å². The van der Waals surface area contributed by atoms with E-state index < -0.39 is 0 Å². The Hall–Kier alpha value is -6.49. The van der Waals surface area contributed by atoms with E-state index in [1.807, 2.05) is 49.4 Å². The van der Waals surface area contributed by atoms with Crippen molar-refractivity contribution < 1.29 is 19.2 Å². The lowest BCUT2D eigenvalue weighted by Gasteiger charge is -2.45. The molecule has 8 rings (SSSR count). The van der Waals surface area contributed by atoms with Crippen molar-refractivity contribution in [2.24, 2.45) is 11.3 Å². The zero-order chi connectivity index (χ0) is 42.5. The van der Waals surface area contributed by atoms with Crippen LogP contribution in [-0.4, -0.2) is 92.3 Å². The molecule has 3 atom stereocenters. The van der Waals surface area contributed by atoms with Crippen LogP contribution < -0.4 is 26.2 Å². The minimum atomic E-state index is -0.325. The number of fused-ring (bicyclic) bond motifs is 4. The van der Waals surface area contributed by atoms with Crippen molar-refractivity contribution in [3.8, 4) is 22.8 Å². The fourth-order valence-corrected chi connectivity index (χ4v) is 8.89. The van der Waals surface area contributed by atoms with Crippen LogP contribution in [0.4, 0.5) is 28.7 Å². The fourth-order valence-electron chi connectivity index (χ4n) is 8.89. The summed E-state index contributed by atoms with van der Waals surface area (Å²) < 4.78 is 5.92. The number of carbonyl (C=O) groups is 2. The molecule has 5 aromatic rings. The number of hydrogen-bond donors (Lipinski definition) is 5. The Morgan fingerprint density at radius 3 is 2.64 bits per heavy atom. The maximum absolute atomic E-state index is 13.2. The summed E-state index contributed by atoms with van der Waals surface area (Å²) in [6.45, 7) is 9.25. The number of nitro benzene ring substituents is 1. The van der Waals surface area contributed by atoms with E-state index in [1.165, 1.54) is 6.33 Å². The van der Waals surface area contributed by atoms with Crippen LogP contribution in [0.5, 0.6) is 0 Å². The summed E-state index contributed by atoms with van der Waals surface area (Å²) in [6.07, 6.45) is 8.80. The van der Waals surface area contributed by atoms with Gasteiger partial charge in [-0.2, -0.15) is 5.10 Å². The third-order valence-corrected chi connectivity index (χ3v) is 12.1. The third kappa shape index (κ3) is 9.16. The number of unbranched alkanes of at least 4 members (excludes halogenated alkanes) is 1. The summed E-state index contributed by atoms with van der Waals surface area (Å²) in [5, 5.41) is 31.6. The van der Waals surface area contributed by atoms with Gasteiger partial charge in [0.2, 0.25) is 5.91 Å². The molecule has 2 amide bonds. The summed E-state index contributed by atoms with van der Waals surface area (Å²) in [5.74, 6) is 2.01. The van der Waals surface area contributed by atoms with Crippen molar-refractivity contribution in [2.75, 3.05) is 60.2 Å². The molecule has 61 heavy (non-hydrogen) atoms. The Balaban J connectivity index is 0.740. The summed E-state index contributed by atoms with van der Waals surface area (Å²) in [6, 6.07) is 16.6. The minimum Gasteiger partial charge on any atom is -0.385 e. The molecular formula is C44H52N12O5. The third-order valence-electron chi connectivity index (χ3n) is 12.1. The van der Waals surface area contributed by atoms with E-state index in [9.17, 15) is 19.7 Å². The molecule has 318 valence electrons. The van der Waals surface area contributed by atoms with Crippen LogP contribution in [0.2, 0.25) is 0 Å². The Bertz CT molecular complexity index is 2370. The zero-order valence-corrected chi connectivity index (χ0v) is 34.7. The van der Waals surface area contributed by atoms with Crippen molar-refractivity contribution >= 4 is 40.5 Å². The molecule has 0 radical (unpaired) electrons. The lowest BCUT2D eigenvalue weighted by atomic mass is 9.69. The van der Waals surface area contributed by atoms with E-state index in [2.05, 4.69) is 60.3 Å². The van der Waals surface area contributed by atoms with E-state index in [1.54, 1.807) is 23.2 Å². The SMILES string of the molecule is Cc1nc(-c2nc[nH]n2)ccc1-c1cnc2c(n1)N(CCCOCCCCNc1ccc(C(=O)NCC(C)(C)C3Nc4ccc([N+](=O)[O-])cc4C4CCCC43)cc1)C(=O)CN2. The second-order valence-electron chi connectivity index (χ2n) is 16.7. The predicted molar refractivity (Wildman–Crippen MR) is 233 cm³/mol. The topological polar surface area (TPSA) is 218 Å². The average Bonchev–Trinajstić information content (AvgIpc) is 3.99. The van der Waals surface area contributed by atoms with Crippen LogP contribution in [0.15, 0.2) is 67.1 Å². The molecule has 5 N–H and O–H groups in total. The minimum absolute atomic E-state index is 0.0718. The maximum Gasteiger partial charge on any atom is 0.269 e. The van der Waals surface area contributed by atoms with Gasteiger partial charge in [-0.05, 0) is 98.9 Å². The molecule has 1 fully saturated rings. The van der Waals surface area contributed by atoms with E-state index in [-0.39, 0.29) is 46.3 Å². The highest BCUT2D eigenvalue weighted by Gasteiger charge is 2.46. The predicted octanol–water partition coefficient (Wildman–Crippen LogP) is 6.73. The van der Waals surface area contributed by atoms with Crippen LogP contribution in [-0.2, 0) is 9.53 Å². The number of non-ortho nitro benzene ring substituents is 1. The largest absolute Gasteiger partial charge is 0.385 e. The number of amides is 2.